The molecule has 1 aromatic carbocycles. The van der Waals surface area contributed by atoms with Gasteiger partial charge in [-0.25, -0.2) is 4.39 Å². The summed E-state index contributed by atoms with van der Waals surface area (Å²) in [4.78, 5) is 16.7. The summed E-state index contributed by atoms with van der Waals surface area (Å²) in [6.45, 7) is 6.20. The molecule has 3 nitrogen and oxygen atoms in total. The second-order valence-electron chi connectivity index (χ2n) is 5.14. The molecule has 110 valence electrons. The lowest BCUT2D eigenvalue weighted by Crippen LogP contribution is -2.36. The molecule has 0 radical (unpaired) electrons. The van der Waals surface area contributed by atoms with Crippen LogP contribution in [0.5, 0.6) is 0 Å². The normalized spacial score (nSPS) is 17.1. The van der Waals surface area contributed by atoms with Gasteiger partial charge in [-0.05, 0) is 37.6 Å². The first-order valence-corrected chi connectivity index (χ1v) is 8.07. The van der Waals surface area contributed by atoms with Gasteiger partial charge in [0.1, 0.15) is 5.82 Å². The maximum atomic E-state index is 13.3. The van der Waals surface area contributed by atoms with Gasteiger partial charge >= 0.3 is 0 Å². The zero-order valence-corrected chi connectivity index (χ0v) is 13.3. The van der Waals surface area contributed by atoms with Crippen LogP contribution in [0.2, 0.25) is 0 Å². The number of carbonyl (C=O) groups excluding carboxylic acids is 1. The smallest absolute Gasteiger partial charge is 0.254 e. The first kappa shape index (κ1) is 15.4. The van der Waals surface area contributed by atoms with Gasteiger partial charge in [-0.2, -0.15) is 0 Å². The lowest BCUT2D eigenvalue weighted by atomic mass is 10.1. The Hall–Kier alpha value is -0.940. The lowest BCUT2D eigenvalue weighted by Gasteiger charge is -2.22. The quantitative estimate of drug-likeness (QED) is 0.788. The molecule has 0 saturated carbocycles. The van der Waals surface area contributed by atoms with Crippen LogP contribution in [0.25, 0.3) is 0 Å². The standard InChI is InChI=1S/C15H20BrFN2O/c1-12-3-4-13(17)11-14(12)15(20)19-7-2-6-18(8-5-16)9-10-19/h3-4,11H,2,5-10H2,1H3. The molecule has 0 aromatic heterocycles. The van der Waals surface area contributed by atoms with Gasteiger partial charge in [0.15, 0.2) is 0 Å². The number of hydrogen-bond acceptors (Lipinski definition) is 2. The SMILES string of the molecule is Cc1ccc(F)cc1C(=O)N1CCCN(CCBr)CC1. The first-order chi connectivity index (χ1) is 9.61. The summed E-state index contributed by atoms with van der Waals surface area (Å²) in [5.41, 5.74) is 1.32. The Labute approximate surface area is 127 Å². The first-order valence-electron chi connectivity index (χ1n) is 6.95. The fourth-order valence-corrected chi connectivity index (χ4v) is 3.01. The molecule has 5 heteroatoms. The highest BCUT2D eigenvalue weighted by atomic mass is 79.9. The molecular weight excluding hydrogens is 323 g/mol. The highest BCUT2D eigenvalue weighted by molar-refractivity contribution is 9.09. The number of benzene rings is 1. The van der Waals surface area contributed by atoms with Crippen LogP contribution >= 0.6 is 15.9 Å². The van der Waals surface area contributed by atoms with Crippen LogP contribution in [0.1, 0.15) is 22.3 Å². The number of hydrogen-bond donors (Lipinski definition) is 0. The van der Waals surface area contributed by atoms with Crippen LogP contribution in [0.3, 0.4) is 0 Å². The Kier molecular flexibility index (Phi) is 5.54. The monoisotopic (exact) mass is 342 g/mol. The van der Waals surface area contributed by atoms with Crippen molar-refractivity contribution in [2.75, 3.05) is 38.1 Å². The minimum Gasteiger partial charge on any atom is -0.337 e. The summed E-state index contributed by atoms with van der Waals surface area (Å²) in [6.07, 6.45) is 0.965. The number of alkyl halides is 1. The molecule has 1 saturated heterocycles. The van der Waals surface area contributed by atoms with Crippen molar-refractivity contribution >= 4 is 21.8 Å². The van der Waals surface area contributed by atoms with Crippen molar-refractivity contribution in [2.24, 2.45) is 0 Å². The third-order valence-electron chi connectivity index (χ3n) is 3.71. The maximum absolute atomic E-state index is 13.3. The van der Waals surface area contributed by atoms with E-state index in [-0.39, 0.29) is 11.7 Å². The van der Waals surface area contributed by atoms with Crippen molar-refractivity contribution in [3.63, 3.8) is 0 Å². The van der Waals surface area contributed by atoms with Crippen molar-refractivity contribution in [3.8, 4) is 0 Å². The molecule has 20 heavy (non-hydrogen) atoms. The van der Waals surface area contributed by atoms with E-state index in [1.54, 1.807) is 6.07 Å². The lowest BCUT2D eigenvalue weighted by molar-refractivity contribution is 0.0760. The number of amides is 1. The highest BCUT2D eigenvalue weighted by Crippen LogP contribution is 2.15. The molecule has 0 spiro atoms. The van der Waals surface area contributed by atoms with Crippen LogP contribution in [-0.2, 0) is 0 Å². The van der Waals surface area contributed by atoms with Crippen molar-refractivity contribution < 1.29 is 9.18 Å². The summed E-state index contributed by atoms with van der Waals surface area (Å²) in [7, 11) is 0. The number of nitrogens with zero attached hydrogens (tertiary/aromatic N) is 2. The maximum Gasteiger partial charge on any atom is 0.254 e. The molecule has 1 aliphatic rings. The fraction of sp³-hybridized carbons (Fsp3) is 0.533. The zero-order chi connectivity index (χ0) is 14.5. The molecule has 1 aliphatic heterocycles. The molecule has 0 bridgehead atoms. The number of carbonyl (C=O) groups is 1. The molecule has 2 rings (SSSR count). The second kappa shape index (κ2) is 7.18. The van der Waals surface area contributed by atoms with Crippen molar-refractivity contribution in [3.05, 3.63) is 35.1 Å². The predicted molar refractivity (Wildman–Crippen MR) is 81.9 cm³/mol. The van der Waals surface area contributed by atoms with Gasteiger partial charge < -0.3 is 9.80 Å². The number of rotatable bonds is 3. The molecule has 0 N–H and O–H groups in total. The summed E-state index contributed by atoms with van der Waals surface area (Å²) >= 11 is 3.44. The molecule has 1 fully saturated rings. The van der Waals surface area contributed by atoms with E-state index in [1.807, 2.05) is 11.8 Å². The molecule has 1 heterocycles. The Bertz CT molecular complexity index is 481. The summed E-state index contributed by atoms with van der Waals surface area (Å²) < 4.78 is 13.3. The van der Waals surface area contributed by atoms with E-state index in [4.69, 9.17) is 0 Å². The summed E-state index contributed by atoms with van der Waals surface area (Å²) in [5.74, 6) is -0.405. The van der Waals surface area contributed by atoms with Gasteiger partial charge in [0, 0.05) is 37.1 Å². The predicted octanol–water partition coefficient (Wildman–Crippen LogP) is 2.68. The summed E-state index contributed by atoms with van der Waals surface area (Å²) in [5, 5.41) is 0.948. The van der Waals surface area contributed by atoms with Gasteiger partial charge in [0.2, 0.25) is 0 Å². The van der Waals surface area contributed by atoms with Gasteiger partial charge in [-0.3, -0.25) is 4.79 Å². The van der Waals surface area contributed by atoms with Crippen molar-refractivity contribution in [1.29, 1.82) is 0 Å². The van der Waals surface area contributed by atoms with Gasteiger partial charge in [0.25, 0.3) is 5.91 Å². The van der Waals surface area contributed by atoms with Crippen LogP contribution in [0, 0.1) is 12.7 Å². The molecule has 1 amide bonds. The Morgan fingerprint density at radius 3 is 2.85 bits per heavy atom. The number of halogens is 2. The van der Waals surface area contributed by atoms with E-state index in [0.29, 0.717) is 12.1 Å². The molecule has 0 atom stereocenters. The van der Waals surface area contributed by atoms with Crippen LogP contribution in [0.4, 0.5) is 4.39 Å². The highest BCUT2D eigenvalue weighted by Gasteiger charge is 2.21. The van der Waals surface area contributed by atoms with E-state index < -0.39 is 0 Å². The topological polar surface area (TPSA) is 23.6 Å². The summed E-state index contributed by atoms with van der Waals surface area (Å²) in [6, 6.07) is 4.41. The van der Waals surface area contributed by atoms with Crippen molar-refractivity contribution in [2.45, 2.75) is 13.3 Å². The molecular formula is C15H20BrFN2O. The Balaban J connectivity index is 2.07. The van der Waals surface area contributed by atoms with Gasteiger partial charge in [-0.1, -0.05) is 22.0 Å². The van der Waals surface area contributed by atoms with E-state index in [9.17, 15) is 9.18 Å². The Morgan fingerprint density at radius 2 is 2.10 bits per heavy atom. The zero-order valence-electron chi connectivity index (χ0n) is 11.7. The minimum atomic E-state index is -0.352. The van der Waals surface area contributed by atoms with E-state index in [0.717, 1.165) is 43.5 Å². The largest absolute Gasteiger partial charge is 0.337 e. The average molecular weight is 343 g/mol. The van der Waals surface area contributed by atoms with Crippen molar-refractivity contribution in [1.82, 2.24) is 9.80 Å². The molecule has 0 unspecified atom stereocenters. The van der Waals surface area contributed by atoms with Crippen LogP contribution < -0.4 is 0 Å². The molecule has 1 aromatic rings. The van der Waals surface area contributed by atoms with Crippen LogP contribution in [-0.4, -0.2) is 53.8 Å². The fourth-order valence-electron chi connectivity index (χ4n) is 2.51. The van der Waals surface area contributed by atoms with E-state index >= 15 is 0 Å². The third kappa shape index (κ3) is 3.79. The van der Waals surface area contributed by atoms with E-state index in [2.05, 4.69) is 20.8 Å². The van der Waals surface area contributed by atoms with Gasteiger partial charge in [0.05, 0.1) is 0 Å². The molecule has 0 aliphatic carbocycles. The second-order valence-corrected chi connectivity index (χ2v) is 5.93. The third-order valence-corrected chi connectivity index (χ3v) is 4.06. The van der Waals surface area contributed by atoms with E-state index in [1.165, 1.54) is 12.1 Å². The minimum absolute atomic E-state index is 0.0531. The Morgan fingerprint density at radius 1 is 1.30 bits per heavy atom. The number of aryl methyl sites for hydroxylation is 1. The van der Waals surface area contributed by atoms with Crippen LogP contribution in [0.15, 0.2) is 18.2 Å². The van der Waals surface area contributed by atoms with Gasteiger partial charge in [-0.15, -0.1) is 0 Å². The average Bonchev–Trinajstić information content (AvgIpc) is 2.67.